The molecular formula is C21H19N3O4. The lowest BCUT2D eigenvalue weighted by molar-refractivity contribution is -0.111. The number of ether oxygens (including phenoxy) is 1. The van der Waals surface area contributed by atoms with Crippen LogP contribution in [0.1, 0.15) is 5.56 Å². The van der Waals surface area contributed by atoms with E-state index in [4.69, 9.17) is 4.74 Å². The lowest BCUT2D eigenvalue weighted by atomic mass is 10.2. The first-order valence-corrected chi connectivity index (χ1v) is 8.53. The molecule has 0 aliphatic rings. The molecule has 0 atom stereocenters. The van der Waals surface area contributed by atoms with Gasteiger partial charge >= 0.3 is 5.69 Å². The highest BCUT2D eigenvalue weighted by Crippen LogP contribution is 2.29. The molecule has 0 saturated carbocycles. The third kappa shape index (κ3) is 4.27. The number of amides is 1. The fraction of sp³-hybridized carbons (Fsp3) is 0.0952. The zero-order chi connectivity index (χ0) is 20.1. The summed E-state index contributed by atoms with van der Waals surface area (Å²) in [5.41, 5.74) is -0.179. The van der Waals surface area contributed by atoms with Crippen LogP contribution in [0.3, 0.4) is 0 Å². The van der Waals surface area contributed by atoms with E-state index in [1.165, 1.54) is 37.0 Å². The van der Waals surface area contributed by atoms with Crippen LogP contribution in [0.2, 0.25) is 0 Å². The molecule has 2 aromatic carbocycles. The predicted molar refractivity (Wildman–Crippen MR) is 108 cm³/mol. The number of aryl methyl sites for hydroxylation is 1. The predicted octanol–water partition coefficient (Wildman–Crippen LogP) is 2.53. The molecule has 0 aliphatic heterocycles. The van der Waals surface area contributed by atoms with E-state index >= 15 is 0 Å². The molecule has 3 rings (SSSR count). The Morgan fingerprint density at radius 3 is 2.43 bits per heavy atom. The van der Waals surface area contributed by atoms with Crippen LogP contribution in [0.25, 0.3) is 6.08 Å². The van der Waals surface area contributed by atoms with Crippen LogP contribution in [-0.4, -0.2) is 15.0 Å². The molecule has 0 fully saturated rings. The van der Waals surface area contributed by atoms with Gasteiger partial charge in [0.1, 0.15) is 5.75 Å². The van der Waals surface area contributed by atoms with Crippen molar-refractivity contribution in [1.29, 1.82) is 0 Å². The summed E-state index contributed by atoms with van der Waals surface area (Å²) in [6, 6.07) is 16.3. The number of rotatable bonds is 5. The number of aromatic nitrogens is 2. The SMILES string of the molecule is Cn1cc(/C=C/C(=O)Nc2ccccc2Oc2ccccc2)c(=O)n(C)c1=O. The number of para-hydroxylation sites is 3. The van der Waals surface area contributed by atoms with Crippen molar-refractivity contribution >= 4 is 17.7 Å². The smallest absolute Gasteiger partial charge is 0.330 e. The van der Waals surface area contributed by atoms with Crippen molar-refractivity contribution in [1.82, 2.24) is 9.13 Å². The van der Waals surface area contributed by atoms with Gasteiger partial charge in [0, 0.05) is 26.4 Å². The van der Waals surface area contributed by atoms with Gasteiger partial charge in [-0.15, -0.1) is 0 Å². The lowest BCUT2D eigenvalue weighted by Crippen LogP contribution is -2.37. The number of hydrogen-bond donors (Lipinski definition) is 1. The minimum Gasteiger partial charge on any atom is -0.455 e. The quantitative estimate of drug-likeness (QED) is 0.693. The molecule has 0 saturated heterocycles. The molecule has 1 amide bonds. The normalized spacial score (nSPS) is 10.8. The van der Waals surface area contributed by atoms with Crippen LogP contribution in [0.5, 0.6) is 11.5 Å². The largest absolute Gasteiger partial charge is 0.455 e. The zero-order valence-electron chi connectivity index (χ0n) is 15.5. The Kier molecular flexibility index (Phi) is 5.55. The van der Waals surface area contributed by atoms with Crippen molar-refractivity contribution in [3.8, 4) is 11.5 Å². The van der Waals surface area contributed by atoms with E-state index in [1.807, 2.05) is 30.3 Å². The van der Waals surface area contributed by atoms with Crippen molar-refractivity contribution in [3.05, 3.63) is 93.3 Å². The maximum atomic E-state index is 12.3. The molecule has 1 aromatic heterocycles. The Morgan fingerprint density at radius 1 is 1.00 bits per heavy atom. The molecule has 142 valence electrons. The minimum atomic E-state index is -0.472. The van der Waals surface area contributed by atoms with E-state index in [2.05, 4.69) is 5.32 Å². The monoisotopic (exact) mass is 377 g/mol. The van der Waals surface area contributed by atoms with E-state index in [9.17, 15) is 14.4 Å². The Hall–Kier alpha value is -3.87. The molecule has 0 spiro atoms. The number of carbonyl (C=O) groups is 1. The number of carbonyl (C=O) groups excluding carboxylic acids is 1. The second-order valence-corrected chi connectivity index (χ2v) is 6.08. The first-order chi connectivity index (χ1) is 13.5. The highest BCUT2D eigenvalue weighted by molar-refractivity contribution is 6.02. The van der Waals surface area contributed by atoms with Gasteiger partial charge in [0.25, 0.3) is 5.56 Å². The second kappa shape index (κ2) is 8.22. The standard InChI is InChI=1S/C21H19N3O4/c1-23-14-15(20(26)24(2)21(23)27)12-13-19(25)22-17-10-6-7-11-18(17)28-16-8-4-3-5-9-16/h3-14H,1-2H3,(H,22,25)/b13-12+. The molecule has 1 heterocycles. The maximum absolute atomic E-state index is 12.3. The Balaban J connectivity index is 1.78. The molecule has 3 aromatic rings. The van der Waals surface area contributed by atoms with Crippen molar-refractivity contribution in [2.75, 3.05) is 5.32 Å². The fourth-order valence-corrected chi connectivity index (χ4v) is 2.56. The summed E-state index contributed by atoms with van der Waals surface area (Å²) in [6.45, 7) is 0. The van der Waals surface area contributed by atoms with Crippen molar-refractivity contribution in [2.45, 2.75) is 0 Å². The number of hydrogen-bond acceptors (Lipinski definition) is 4. The number of anilines is 1. The minimum absolute atomic E-state index is 0.230. The highest BCUT2D eigenvalue weighted by atomic mass is 16.5. The van der Waals surface area contributed by atoms with Crippen molar-refractivity contribution in [2.24, 2.45) is 14.1 Å². The Bertz CT molecular complexity index is 1140. The summed E-state index contributed by atoms with van der Waals surface area (Å²) in [7, 11) is 2.93. The molecule has 28 heavy (non-hydrogen) atoms. The van der Waals surface area contributed by atoms with Crippen LogP contribution >= 0.6 is 0 Å². The molecule has 0 bridgehead atoms. The molecule has 7 nitrogen and oxygen atoms in total. The second-order valence-electron chi connectivity index (χ2n) is 6.08. The zero-order valence-corrected chi connectivity index (χ0v) is 15.5. The first-order valence-electron chi connectivity index (χ1n) is 8.53. The fourth-order valence-electron chi connectivity index (χ4n) is 2.56. The molecule has 1 N–H and O–H groups in total. The average molecular weight is 377 g/mol. The number of nitrogens with one attached hydrogen (secondary N) is 1. The van der Waals surface area contributed by atoms with Crippen LogP contribution in [0.15, 0.2) is 76.5 Å². The summed E-state index contributed by atoms with van der Waals surface area (Å²) in [5, 5.41) is 2.73. The van der Waals surface area contributed by atoms with Gasteiger partial charge in [0.15, 0.2) is 5.75 Å². The molecule has 7 heteroatoms. The van der Waals surface area contributed by atoms with Crippen molar-refractivity contribution < 1.29 is 9.53 Å². The summed E-state index contributed by atoms with van der Waals surface area (Å²) < 4.78 is 8.07. The molecular weight excluding hydrogens is 358 g/mol. The van der Waals surface area contributed by atoms with E-state index < -0.39 is 17.2 Å². The summed E-state index contributed by atoms with van der Waals surface area (Å²) in [5.74, 6) is 0.710. The van der Waals surface area contributed by atoms with Crippen LogP contribution in [-0.2, 0) is 18.9 Å². The van der Waals surface area contributed by atoms with Gasteiger partial charge in [-0.2, -0.15) is 0 Å². The van der Waals surface area contributed by atoms with Crippen molar-refractivity contribution in [3.63, 3.8) is 0 Å². The third-order valence-corrected chi connectivity index (χ3v) is 4.00. The van der Waals surface area contributed by atoms with Gasteiger partial charge in [-0.05, 0) is 30.3 Å². The topological polar surface area (TPSA) is 82.3 Å². The third-order valence-electron chi connectivity index (χ3n) is 4.00. The average Bonchev–Trinajstić information content (AvgIpc) is 2.70. The van der Waals surface area contributed by atoms with Crippen LogP contribution in [0.4, 0.5) is 5.69 Å². The Morgan fingerprint density at radius 2 is 1.68 bits per heavy atom. The summed E-state index contributed by atoms with van der Waals surface area (Å²) >= 11 is 0. The molecule has 0 aliphatic carbocycles. The van der Waals surface area contributed by atoms with Gasteiger partial charge in [-0.25, -0.2) is 4.79 Å². The van der Waals surface area contributed by atoms with Gasteiger partial charge in [-0.3, -0.25) is 14.2 Å². The van der Waals surface area contributed by atoms with E-state index in [-0.39, 0.29) is 5.56 Å². The van der Waals surface area contributed by atoms with E-state index in [1.54, 1.807) is 24.3 Å². The number of nitrogens with zero attached hydrogens (tertiary/aromatic N) is 2. The van der Waals surface area contributed by atoms with Gasteiger partial charge < -0.3 is 14.6 Å². The highest BCUT2D eigenvalue weighted by Gasteiger charge is 2.08. The lowest BCUT2D eigenvalue weighted by Gasteiger charge is -2.11. The molecule has 0 unspecified atom stereocenters. The number of benzene rings is 2. The van der Waals surface area contributed by atoms with Crippen LogP contribution in [0, 0.1) is 0 Å². The van der Waals surface area contributed by atoms with Gasteiger partial charge in [0.05, 0.1) is 11.3 Å². The summed E-state index contributed by atoms with van der Waals surface area (Å²) in [4.78, 5) is 36.1. The Labute approximate surface area is 161 Å². The first kappa shape index (κ1) is 18.9. The van der Waals surface area contributed by atoms with Gasteiger partial charge in [-0.1, -0.05) is 30.3 Å². The van der Waals surface area contributed by atoms with Gasteiger partial charge in [0.2, 0.25) is 5.91 Å². The van der Waals surface area contributed by atoms with E-state index in [0.717, 1.165) is 4.57 Å². The van der Waals surface area contributed by atoms with Crippen LogP contribution < -0.4 is 21.3 Å². The van der Waals surface area contributed by atoms with E-state index in [0.29, 0.717) is 17.2 Å². The summed E-state index contributed by atoms with van der Waals surface area (Å²) in [6.07, 6.45) is 4.00. The maximum Gasteiger partial charge on any atom is 0.330 e. The molecule has 0 radical (unpaired) electrons.